The minimum Gasteiger partial charge on any atom is -1.00 e. The largest absolute Gasteiger partial charge is 1.00 e. The van der Waals surface area contributed by atoms with Crippen molar-refractivity contribution in [2.24, 2.45) is 9.98 Å². The van der Waals surface area contributed by atoms with E-state index in [1.54, 1.807) is 24.6 Å². The summed E-state index contributed by atoms with van der Waals surface area (Å²) in [6, 6.07) is 11.3. The minimum atomic E-state index is -0.445. The molecule has 0 bridgehead atoms. The quantitative estimate of drug-likeness (QED) is 0.293. The molecule has 2 aromatic carbocycles. The third-order valence-electron chi connectivity index (χ3n) is 4.84. The van der Waals surface area contributed by atoms with Crippen molar-refractivity contribution < 1.29 is 44.2 Å². The average molecular weight is 572 g/mol. The number of phenols is 2. The first-order valence-corrected chi connectivity index (χ1v) is 10.0. The van der Waals surface area contributed by atoms with E-state index < -0.39 is 5.54 Å². The van der Waals surface area contributed by atoms with Gasteiger partial charge in [-0.3, -0.25) is 19.0 Å². The van der Waals surface area contributed by atoms with E-state index in [-0.39, 0.29) is 45.5 Å². The maximum atomic E-state index is 10.3. The molecule has 32 heavy (non-hydrogen) atoms. The zero-order valence-corrected chi connectivity index (χ0v) is 23.4. The SMILES string of the molecule is CC(C)(CN=Cc1ccc([N+](C)(C)C)cc1O)N=Cc1ccc([N+](C)(C)C)cc1O.[Br-].[Br-]. The van der Waals surface area contributed by atoms with Crippen LogP contribution < -0.4 is 42.9 Å². The van der Waals surface area contributed by atoms with Crippen molar-refractivity contribution in [3.05, 3.63) is 47.5 Å². The Morgan fingerprint density at radius 3 is 1.53 bits per heavy atom. The monoisotopic (exact) mass is 570 g/mol. The number of hydrogen-bond donors (Lipinski definition) is 2. The zero-order valence-electron chi connectivity index (χ0n) is 20.3. The first kappa shape index (κ1) is 30.3. The van der Waals surface area contributed by atoms with Crippen LogP contribution in [0.15, 0.2) is 46.4 Å². The third kappa shape index (κ3) is 8.65. The van der Waals surface area contributed by atoms with Gasteiger partial charge in [0.25, 0.3) is 0 Å². The summed E-state index contributed by atoms with van der Waals surface area (Å²) in [5, 5.41) is 20.6. The van der Waals surface area contributed by atoms with Crippen LogP contribution in [0.25, 0.3) is 0 Å². The molecule has 2 aromatic rings. The van der Waals surface area contributed by atoms with Crippen LogP contribution in [0.2, 0.25) is 0 Å². The van der Waals surface area contributed by atoms with Gasteiger partial charge >= 0.3 is 0 Å². The van der Waals surface area contributed by atoms with Gasteiger partial charge in [-0.25, -0.2) is 0 Å². The number of nitrogens with zero attached hydrogens (tertiary/aromatic N) is 4. The predicted molar refractivity (Wildman–Crippen MR) is 129 cm³/mol. The Morgan fingerprint density at radius 2 is 1.16 bits per heavy atom. The number of aliphatic imine (C=N–C) groups is 2. The number of benzene rings is 2. The van der Waals surface area contributed by atoms with Crippen LogP contribution in [0, 0.1) is 0 Å². The fourth-order valence-electron chi connectivity index (χ4n) is 2.77. The van der Waals surface area contributed by atoms with Gasteiger partial charge in [-0.05, 0) is 26.0 Å². The molecular weight excluding hydrogens is 536 g/mol. The topological polar surface area (TPSA) is 65.2 Å². The van der Waals surface area contributed by atoms with Crippen LogP contribution in [0.4, 0.5) is 11.4 Å². The molecule has 0 aliphatic rings. The standard InChI is InChI=1S/C24H34N4O2.2BrH/c1-24(2,26-16-19-10-12-21(14-23(19)30)28(6,7)8)17-25-15-18-9-11-20(13-22(18)29)27(3,4)5;;/h9-16H,17H2,1-8H3;2*1H. The van der Waals surface area contributed by atoms with E-state index in [2.05, 4.69) is 52.3 Å². The van der Waals surface area contributed by atoms with Crippen molar-refractivity contribution in [2.45, 2.75) is 19.4 Å². The normalized spacial score (nSPS) is 12.6. The van der Waals surface area contributed by atoms with E-state index >= 15 is 0 Å². The predicted octanol–water partition coefficient (Wildman–Crippen LogP) is -2.18. The molecule has 0 aliphatic carbocycles. The van der Waals surface area contributed by atoms with Gasteiger partial charge in [-0.2, -0.15) is 0 Å². The highest BCUT2D eigenvalue weighted by molar-refractivity contribution is 5.85. The van der Waals surface area contributed by atoms with Crippen molar-refractivity contribution in [3.8, 4) is 11.5 Å². The number of rotatable bonds is 7. The van der Waals surface area contributed by atoms with Crippen molar-refractivity contribution >= 4 is 23.8 Å². The lowest BCUT2D eigenvalue weighted by Gasteiger charge is -2.23. The van der Waals surface area contributed by atoms with Crippen molar-refractivity contribution in [2.75, 3.05) is 48.8 Å². The van der Waals surface area contributed by atoms with Gasteiger partial charge in [0.2, 0.25) is 0 Å². The van der Waals surface area contributed by atoms with E-state index in [0.29, 0.717) is 26.6 Å². The van der Waals surface area contributed by atoms with E-state index in [1.807, 2.05) is 38.1 Å². The molecule has 178 valence electrons. The maximum Gasteiger partial charge on any atom is 0.135 e. The molecule has 0 atom stereocenters. The van der Waals surface area contributed by atoms with E-state index in [9.17, 15) is 10.2 Å². The van der Waals surface area contributed by atoms with Gasteiger partial charge in [0.05, 0.1) is 54.4 Å². The Hall–Kier alpha value is -1.74. The lowest BCUT2D eigenvalue weighted by Crippen LogP contribution is -3.00. The molecule has 2 rings (SSSR count). The highest BCUT2D eigenvalue weighted by Crippen LogP contribution is 2.26. The fourth-order valence-corrected chi connectivity index (χ4v) is 2.77. The number of halogens is 2. The van der Waals surface area contributed by atoms with Crippen LogP contribution >= 0.6 is 0 Å². The lowest BCUT2D eigenvalue weighted by molar-refractivity contribution is -0.001000. The van der Waals surface area contributed by atoms with Gasteiger partial charge in [0.15, 0.2) is 0 Å². The molecule has 2 N–H and O–H groups in total. The van der Waals surface area contributed by atoms with Crippen LogP contribution in [0.1, 0.15) is 25.0 Å². The van der Waals surface area contributed by atoms with Gasteiger partial charge < -0.3 is 44.2 Å². The van der Waals surface area contributed by atoms with Crippen molar-refractivity contribution in [1.29, 1.82) is 0 Å². The first-order valence-electron chi connectivity index (χ1n) is 10.0. The molecule has 0 aromatic heterocycles. The van der Waals surface area contributed by atoms with Gasteiger partial charge in [-0.1, -0.05) is 0 Å². The lowest BCUT2D eigenvalue weighted by atomic mass is 10.1. The molecule has 0 heterocycles. The minimum absolute atomic E-state index is 0. The summed E-state index contributed by atoms with van der Waals surface area (Å²) in [6.07, 6.45) is 3.37. The number of hydrogen-bond acceptors (Lipinski definition) is 4. The molecule has 0 unspecified atom stereocenters. The van der Waals surface area contributed by atoms with Gasteiger partial charge in [-0.15, -0.1) is 0 Å². The summed E-state index contributed by atoms with van der Waals surface area (Å²) in [5.41, 5.74) is 2.95. The summed E-state index contributed by atoms with van der Waals surface area (Å²) in [6.45, 7) is 4.43. The molecule has 0 amide bonds. The number of quaternary nitrogens is 2. The molecule has 0 saturated carbocycles. The molecular formula is C24H36Br2N4O2. The van der Waals surface area contributed by atoms with Gasteiger partial charge in [0.1, 0.15) is 22.9 Å². The molecule has 0 saturated heterocycles. The third-order valence-corrected chi connectivity index (χ3v) is 4.84. The highest BCUT2D eigenvalue weighted by Gasteiger charge is 2.17. The summed E-state index contributed by atoms with van der Waals surface area (Å²) >= 11 is 0. The van der Waals surface area contributed by atoms with Crippen molar-refractivity contribution in [1.82, 2.24) is 8.97 Å². The Balaban J connectivity index is 0.00000480. The average Bonchev–Trinajstić information content (AvgIpc) is 2.60. The molecule has 0 aliphatic heterocycles. The second-order valence-corrected chi connectivity index (χ2v) is 10.1. The number of aromatic hydroxyl groups is 2. The molecule has 0 radical (unpaired) electrons. The smallest absolute Gasteiger partial charge is 0.135 e. The van der Waals surface area contributed by atoms with Gasteiger partial charge in [0, 0.05) is 47.8 Å². The summed E-state index contributed by atoms with van der Waals surface area (Å²) in [5.74, 6) is 0.429. The Kier molecular flexibility index (Phi) is 10.8. The van der Waals surface area contributed by atoms with E-state index in [1.165, 1.54) is 0 Å². The second kappa shape index (κ2) is 11.4. The molecule has 0 spiro atoms. The second-order valence-electron chi connectivity index (χ2n) is 10.1. The Labute approximate surface area is 213 Å². The van der Waals surface area contributed by atoms with Crippen molar-refractivity contribution in [3.63, 3.8) is 0 Å². The fraction of sp³-hybridized carbons (Fsp3) is 0.417. The van der Waals surface area contributed by atoms with Crippen LogP contribution in [0.5, 0.6) is 11.5 Å². The Morgan fingerprint density at radius 1 is 0.750 bits per heavy atom. The molecule has 6 nitrogen and oxygen atoms in total. The van der Waals surface area contributed by atoms with Crippen LogP contribution in [-0.2, 0) is 0 Å². The molecule has 8 heteroatoms. The van der Waals surface area contributed by atoms with E-state index in [4.69, 9.17) is 0 Å². The number of phenolic OH excluding ortho intramolecular Hbond substituents is 2. The molecule has 0 fully saturated rings. The van der Waals surface area contributed by atoms with Crippen LogP contribution in [0.3, 0.4) is 0 Å². The highest BCUT2D eigenvalue weighted by atomic mass is 79.9. The summed E-state index contributed by atoms with van der Waals surface area (Å²) in [4.78, 5) is 9.09. The van der Waals surface area contributed by atoms with Crippen LogP contribution in [-0.4, -0.2) is 77.0 Å². The first-order chi connectivity index (χ1) is 13.7. The maximum absolute atomic E-state index is 10.3. The zero-order chi connectivity index (χ0) is 22.7. The van der Waals surface area contributed by atoms with E-state index in [0.717, 1.165) is 11.4 Å². The Bertz CT molecular complexity index is 959. The summed E-state index contributed by atoms with van der Waals surface area (Å²) < 4.78 is 1.27. The summed E-state index contributed by atoms with van der Waals surface area (Å²) in [7, 11) is 12.3.